The lowest BCUT2D eigenvalue weighted by atomic mass is 9.74. The first-order valence-electron chi connectivity index (χ1n) is 12.1. The number of aryl methyl sites for hydroxylation is 2. The molecule has 3 aromatic carbocycles. The maximum absolute atomic E-state index is 5.88. The Morgan fingerprint density at radius 3 is 2.50 bits per heavy atom. The molecule has 0 bridgehead atoms. The average molecular weight is 458 g/mol. The molecule has 0 fully saturated rings. The Balaban J connectivity index is 1.45. The van der Waals surface area contributed by atoms with Crippen LogP contribution in [0.5, 0.6) is 23.0 Å². The van der Waals surface area contributed by atoms with Crippen molar-refractivity contribution in [2.24, 2.45) is 0 Å². The van der Waals surface area contributed by atoms with Crippen LogP contribution in [0.1, 0.15) is 51.8 Å². The van der Waals surface area contributed by atoms with E-state index in [2.05, 4.69) is 60.4 Å². The zero-order chi connectivity index (χ0) is 23.2. The Morgan fingerprint density at radius 2 is 1.74 bits per heavy atom. The smallest absolute Gasteiger partial charge is 0.231 e. The van der Waals surface area contributed by atoms with E-state index in [1.165, 1.54) is 33.4 Å². The number of benzene rings is 3. The summed E-state index contributed by atoms with van der Waals surface area (Å²) in [6, 6.07) is 18.0. The molecule has 0 amide bonds. The molecule has 0 radical (unpaired) electrons. The number of hydrogen-bond acceptors (Lipinski definition) is 5. The van der Waals surface area contributed by atoms with Crippen LogP contribution in [-0.4, -0.2) is 32.5 Å². The number of rotatable bonds is 5. The SMILES string of the molecule is COc1ccc2c(c1OC)CN1CCc3cc4c(cc3C1C2CCc1ccc(C)cc1)OCO4. The predicted octanol–water partition coefficient (Wildman–Crippen LogP) is 5.57. The molecule has 2 atom stereocenters. The number of hydrogen-bond donors (Lipinski definition) is 0. The highest BCUT2D eigenvalue weighted by molar-refractivity contribution is 5.56. The van der Waals surface area contributed by atoms with Crippen LogP contribution in [0.25, 0.3) is 0 Å². The predicted molar refractivity (Wildman–Crippen MR) is 131 cm³/mol. The average Bonchev–Trinajstić information content (AvgIpc) is 3.32. The molecule has 0 saturated heterocycles. The first kappa shape index (κ1) is 21.4. The van der Waals surface area contributed by atoms with Gasteiger partial charge in [0.1, 0.15) is 0 Å². The summed E-state index contributed by atoms with van der Waals surface area (Å²) in [6.07, 6.45) is 3.10. The third kappa shape index (κ3) is 3.50. The number of nitrogens with zero attached hydrogens (tertiary/aromatic N) is 1. The molecule has 3 aliphatic heterocycles. The van der Waals surface area contributed by atoms with Crippen molar-refractivity contribution in [3.8, 4) is 23.0 Å². The molecule has 5 heteroatoms. The lowest BCUT2D eigenvalue weighted by molar-refractivity contribution is 0.127. The number of methoxy groups -OCH3 is 2. The highest BCUT2D eigenvalue weighted by Crippen LogP contribution is 2.53. The fourth-order valence-corrected chi connectivity index (χ4v) is 6.02. The minimum atomic E-state index is 0.300. The summed E-state index contributed by atoms with van der Waals surface area (Å²) < 4.78 is 23.0. The molecule has 34 heavy (non-hydrogen) atoms. The molecule has 6 rings (SSSR count). The second kappa shape index (κ2) is 8.55. The molecule has 3 aromatic rings. The van der Waals surface area contributed by atoms with E-state index >= 15 is 0 Å². The molecular weight excluding hydrogens is 426 g/mol. The minimum absolute atomic E-state index is 0.300. The molecule has 176 valence electrons. The summed E-state index contributed by atoms with van der Waals surface area (Å²) in [4.78, 5) is 2.62. The summed E-state index contributed by atoms with van der Waals surface area (Å²) in [5.74, 6) is 3.76. The Kier molecular flexibility index (Phi) is 5.37. The van der Waals surface area contributed by atoms with Crippen molar-refractivity contribution in [3.05, 3.63) is 81.9 Å². The summed E-state index contributed by atoms with van der Waals surface area (Å²) in [5.41, 5.74) is 8.07. The molecule has 0 N–H and O–H groups in total. The van der Waals surface area contributed by atoms with E-state index in [-0.39, 0.29) is 0 Å². The van der Waals surface area contributed by atoms with Crippen molar-refractivity contribution in [3.63, 3.8) is 0 Å². The van der Waals surface area contributed by atoms with Crippen LogP contribution < -0.4 is 18.9 Å². The number of fused-ring (bicyclic) bond motifs is 5. The summed E-state index contributed by atoms with van der Waals surface area (Å²) in [5, 5.41) is 0. The van der Waals surface area contributed by atoms with Crippen molar-refractivity contribution in [1.82, 2.24) is 4.90 Å². The fourth-order valence-electron chi connectivity index (χ4n) is 6.02. The van der Waals surface area contributed by atoms with E-state index in [4.69, 9.17) is 18.9 Å². The van der Waals surface area contributed by atoms with Gasteiger partial charge in [-0.05, 0) is 66.6 Å². The van der Waals surface area contributed by atoms with Crippen molar-refractivity contribution >= 4 is 0 Å². The third-order valence-electron chi connectivity index (χ3n) is 7.71. The quantitative estimate of drug-likeness (QED) is 0.501. The monoisotopic (exact) mass is 457 g/mol. The minimum Gasteiger partial charge on any atom is -0.493 e. The van der Waals surface area contributed by atoms with E-state index in [0.29, 0.717) is 18.8 Å². The molecule has 0 aliphatic carbocycles. The lowest BCUT2D eigenvalue weighted by Gasteiger charge is -2.46. The molecule has 3 aliphatic rings. The fraction of sp³-hybridized carbons (Fsp3) is 0.379. The van der Waals surface area contributed by atoms with Crippen LogP contribution in [0.4, 0.5) is 0 Å². The van der Waals surface area contributed by atoms with Gasteiger partial charge in [0, 0.05) is 30.6 Å². The molecule has 0 spiro atoms. The van der Waals surface area contributed by atoms with E-state index < -0.39 is 0 Å². The summed E-state index contributed by atoms with van der Waals surface area (Å²) in [7, 11) is 3.46. The highest BCUT2D eigenvalue weighted by atomic mass is 16.7. The maximum atomic E-state index is 5.88. The first-order valence-corrected chi connectivity index (χ1v) is 12.1. The zero-order valence-corrected chi connectivity index (χ0v) is 20.1. The Morgan fingerprint density at radius 1 is 0.941 bits per heavy atom. The van der Waals surface area contributed by atoms with Crippen LogP contribution in [0.2, 0.25) is 0 Å². The van der Waals surface area contributed by atoms with Gasteiger partial charge in [0.25, 0.3) is 0 Å². The van der Waals surface area contributed by atoms with Gasteiger partial charge in [-0.2, -0.15) is 0 Å². The van der Waals surface area contributed by atoms with Crippen molar-refractivity contribution in [2.45, 2.75) is 44.7 Å². The van der Waals surface area contributed by atoms with Crippen LogP contribution in [0, 0.1) is 6.92 Å². The van der Waals surface area contributed by atoms with Crippen molar-refractivity contribution < 1.29 is 18.9 Å². The normalized spacial score (nSPS) is 20.3. The molecule has 0 aromatic heterocycles. The van der Waals surface area contributed by atoms with Crippen LogP contribution >= 0.6 is 0 Å². The standard InChI is InChI=1S/C29H31NO4/c1-18-4-6-19(7-5-18)8-9-22-21-10-11-25(31-2)29(32-3)24(21)16-30-13-12-20-14-26-27(34-17-33-26)15-23(20)28(22)30/h4-7,10-11,14-15,22,28H,8-9,12-13,16-17H2,1-3H3. The zero-order valence-electron chi connectivity index (χ0n) is 20.1. The summed E-state index contributed by atoms with van der Waals surface area (Å²) >= 11 is 0. The molecule has 0 saturated carbocycles. The van der Waals surface area contributed by atoms with Gasteiger partial charge >= 0.3 is 0 Å². The van der Waals surface area contributed by atoms with Crippen LogP contribution in [0.15, 0.2) is 48.5 Å². The van der Waals surface area contributed by atoms with E-state index in [1.54, 1.807) is 14.2 Å². The van der Waals surface area contributed by atoms with Crippen molar-refractivity contribution in [2.75, 3.05) is 27.6 Å². The Labute approximate surface area is 201 Å². The Bertz CT molecular complexity index is 1220. The van der Waals surface area contributed by atoms with Gasteiger partial charge in [0.2, 0.25) is 6.79 Å². The van der Waals surface area contributed by atoms with Crippen LogP contribution in [-0.2, 0) is 19.4 Å². The van der Waals surface area contributed by atoms with E-state index in [9.17, 15) is 0 Å². The third-order valence-corrected chi connectivity index (χ3v) is 7.71. The van der Waals surface area contributed by atoms with Crippen LogP contribution in [0.3, 0.4) is 0 Å². The van der Waals surface area contributed by atoms with Gasteiger partial charge in [-0.1, -0.05) is 35.9 Å². The van der Waals surface area contributed by atoms with E-state index in [0.717, 1.165) is 55.4 Å². The van der Waals surface area contributed by atoms with E-state index in [1.807, 2.05) is 0 Å². The topological polar surface area (TPSA) is 40.2 Å². The van der Waals surface area contributed by atoms with Crippen molar-refractivity contribution in [1.29, 1.82) is 0 Å². The second-order valence-corrected chi connectivity index (χ2v) is 9.57. The van der Waals surface area contributed by atoms with Gasteiger partial charge < -0.3 is 18.9 Å². The molecular formula is C29H31NO4. The van der Waals surface area contributed by atoms with Gasteiger partial charge in [0.15, 0.2) is 23.0 Å². The largest absolute Gasteiger partial charge is 0.493 e. The number of ether oxygens (including phenoxy) is 4. The molecule has 2 unspecified atom stereocenters. The second-order valence-electron chi connectivity index (χ2n) is 9.57. The van der Waals surface area contributed by atoms with Gasteiger partial charge in [-0.15, -0.1) is 0 Å². The van der Waals surface area contributed by atoms with Gasteiger partial charge in [-0.3, -0.25) is 4.90 Å². The highest BCUT2D eigenvalue weighted by Gasteiger charge is 2.41. The Hall–Kier alpha value is -3.18. The lowest BCUT2D eigenvalue weighted by Crippen LogP contribution is -2.42. The molecule has 5 nitrogen and oxygen atoms in total. The van der Waals surface area contributed by atoms with Gasteiger partial charge in [0.05, 0.1) is 14.2 Å². The molecule has 3 heterocycles. The van der Waals surface area contributed by atoms with Gasteiger partial charge in [-0.25, -0.2) is 0 Å². The summed E-state index contributed by atoms with van der Waals surface area (Å²) in [6.45, 7) is 4.32. The maximum Gasteiger partial charge on any atom is 0.231 e. The first-order chi connectivity index (χ1) is 16.7.